The van der Waals surface area contributed by atoms with Crippen LogP contribution >= 0.6 is 35.0 Å². The lowest BCUT2D eigenvalue weighted by molar-refractivity contribution is -0.115. The van der Waals surface area contributed by atoms with Gasteiger partial charge >= 0.3 is 5.97 Å². The second-order valence-corrected chi connectivity index (χ2v) is 8.92. The van der Waals surface area contributed by atoms with Crippen molar-refractivity contribution in [3.63, 3.8) is 0 Å². The first-order valence-electron chi connectivity index (χ1n) is 10.3. The molecule has 0 aliphatic carbocycles. The summed E-state index contributed by atoms with van der Waals surface area (Å²) in [5.41, 5.74) is 1.29. The molecular weight excluding hydrogens is 515 g/mol. The zero-order chi connectivity index (χ0) is 24.9. The van der Waals surface area contributed by atoms with Crippen LogP contribution < -0.4 is 14.8 Å². The van der Waals surface area contributed by atoms with Crippen molar-refractivity contribution in [1.82, 2.24) is 5.32 Å². The minimum absolute atomic E-state index is 0.0284. The van der Waals surface area contributed by atoms with Gasteiger partial charge in [-0.2, -0.15) is 0 Å². The molecule has 2 heterocycles. The van der Waals surface area contributed by atoms with Crippen molar-refractivity contribution >= 4 is 63.8 Å². The maximum Gasteiger partial charge on any atom is 0.371 e. The lowest BCUT2D eigenvalue weighted by Crippen LogP contribution is -2.19. The Bertz CT molecular complexity index is 1350. The van der Waals surface area contributed by atoms with E-state index in [9.17, 15) is 9.59 Å². The highest BCUT2D eigenvalue weighted by Gasteiger charge is 2.24. The Balaban J connectivity index is 1.49. The SMILES string of the molecule is CCOc1cc(C=C2SC(=Nc3ccc(Cl)c(Cl)c3)NC2=O)ccc1OCc1ccc(C(=O)O)o1. The Morgan fingerprint density at radius 2 is 1.94 bits per heavy atom. The molecule has 3 aromatic rings. The van der Waals surface area contributed by atoms with Gasteiger partial charge in [-0.05, 0) is 72.8 Å². The number of thioether (sulfide) groups is 1. The maximum absolute atomic E-state index is 12.5. The summed E-state index contributed by atoms with van der Waals surface area (Å²) in [5.74, 6) is -0.303. The minimum Gasteiger partial charge on any atom is -0.490 e. The lowest BCUT2D eigenvalue weighted by atomic mass is 10.2. The van der Waals surface area contributed by atoms with E-state index in [2.05, 4.69) is 10.3 Å². The van der Waals surface area contributed by atoms with E-state index in [1.54, 1.807) is 42.5 Å². The van der Waals surface area contributed by atoms with E-state index < -0.39 is 5.97 Å². The zero-order valence-electron chi connectivity index (χ0n) is 18.2. The largest absolute Gasteiger partial charge is 0.490 e. The molecule has 0 atom stereocenters. The molecular formula is C24H18Cl2N2O6S. The molecule has 0 saturated carbocycles. The molecule has 4 rings (SSSR count). The maximum atomic E-state index is 12.5. The second kappa shape index (κ2) is 10.9. The Morgan fingerprint density at radius 3 is 2.66 bits per heavy atom. The summed E-state index contributed by atoms with van der Waals surface area (Å²) in [7, 11) is 0. The van der Waals surface area contributed by atoms with Gasteiger partial charge in [-0.25, -0.2) is 9.79 Å². The van der Waals surface area contributed by atoms with Gasteiger partial charge in [0.15, 0.2) is 16.7 Å². The van der Waals surface area contributed by atoms with Crippen LogP contribution in [0, 0.1) is 0 Å². The number of amides is 1. The standard InChI is InChI=1S/C24H18Cl2N2O6S/c1-2-32-20-9-13(3-7-18(20)33-12-15-5-8-19(34-15)23(30)31)10-21-22(29)28-24(35-21)27-14-4-6-16(25)17(26)11-14/h3-11H,2,12H2,1H3,(H,30,31)(H,27,28,29). The number of furan rings is 1. The highest BCUT2D eigenvalue weighted by Crippen LogP contribution is 2.34. The molecule has 8 nitrogen and oxygen atoms in total. The number of aliphatic imine (C=N–C) groups is 1. The summed E-state index contributed by atoms with van der Waals surface area (Å²) in [6, 6.07) is 13.1. The monoisotopic (exact) mass is 532 g/mol. The van der Waals surface area contributed by atoms with Crippen molar-refractivity contribution in [3.8, 4) is 11.5 Å². The first-order chi connectivity index (χ1) is 16.8. The normalized spacial score (nSPS) is 15.5. The van der Waals surface area contributed by atoms with Crippen LogP contribution in [0.5, 0.6) is 11.5 Å². The van der Waals surface area contributed by atoms with Gasteiger partial charge in [-0.1, -0.05) is 29.3 Å². The van der Waals surface area contributed by atoms with Crippen LogP contribution in [0.4, 0.5) is 5.69 Å². The fourth-order valence-corrected chi connectivity index (χ4v) is 4.16. The van der Waals surface area contributed by atoms with Gasteiger partial charge in [0.1, 0.15) is 12.4 Å². The summed E-state index contributed by atoms with van der Waals surface area (Å²) in [4.78, 5) is 28.3. The Morgan fingerprint density at radius 1 is 1.11 bits per heavy atom. The number of benzene rings is 2. The van der Waals surface area contributed by atoms with Crippen molar-refractivity contribution in [3.05, 3.63) is 80.6 Å². The third-order valence-electron chi connectivity index (χ3n) is 4.59. The smallest absolute Gasteiger partial charge is 0.371 e. The molecule has 1 saturated heterocycles. The molecule has 2 N–H and O–H groups in total. The average Bonchev–Trinajstić information content (AvgIpc) is 3.43. The highest BCUT2D eigenvalue weighted by atomic mass is 35.5. The highest BCUT2D eigenvalue weighted by molar-refractivity contribution is 8.18. The lowest BCUT2D eigenvalue weighted by Gasteiger charge is -2.12. The second-order valence-electron chi connectivity index (χ2n) is 7.08. The fraction of sp³-hybridized carbons (Fsp3) is 0.125. The first kappa shape index (κ1) is 24.7. The molecule has 35 heavy (non-hydrogen) atoms. The summed E-state index contributed by atoms with van der Waals surface area (Å²) < 4.78 is 16.7. The topological polar surface area (TPSA) is 110 Å². The van der Waals surface area contributed by atoms with Crippen LogP contribution in [-0.2, 0) is 11.4 Å². The number of amidine groups is 1. The molecule has 1 amide bonds. The number of halogens is 2. The van der Waals surface area contributed by atoms with E-state index in [1.807, 2.05) is 6.92 Å². The summed E-state index contributed by atoms with van der Waals surface area (Å²) in [6.45, 7) is 2.27. The summed E-state index contributed by atoms with van der Waals surface area (Å²) in [6.07, 6.45) is 1.72. The van der Waals surface area contributed by atoms with Crippen LogP contribution in [0.1, 0.15) is 28.8 Å². The number of nitrogens with zero attached hydrogens (tertiary/aromatic N) is 1. The summed E-state index contributed by atoms with van der Waals surface area (Å²) >= 11 is 13.2. The van der Waals surface area contributed by atoms with E-state index >= 15 is 0 Å². The van der Waals surface area contributed by atoms with E-state index in [0.29, 0.717) is 49.7 Å². The van der Waals surface area contributed by atoms with Crippen molar-refractivity contribution in [2.45, 2.75) is 13.5 Å². The minimum atomic E-state index is -1.15. The van der Waals surface area contributed by atoms with Crippen LogP contribution in [0.3, 0.4) is 0 Å². The van der Waals surface area contributed by atoms with Gasteiger partial charge in [-0.15, -0.1) is 0 Å². The van der Waals surface area contributed by atoms with Crippen molar-refractivity contribution < 1.29 is 28.6 Å². The fourth-order valence-electron chi connectivity index (χ4n) is 3.03. The number of carboxylic acids is 1. The molecule has 0 unspecified atom stereocenters. The molecule has 180 valence electrons. The molecule has 0 radical (unpaired) electrons. The molecule has 2 aromatic carbocycles. The zero-order valence-corrected chi connectivity index (χ0v) is 20.5. The van der Waals surface area contributed by atoms with E-state index in [1.165, 1.54) is 23.9 Å². The molecule has 1 aromatic heterocycles. The van der Waals surface area contributed by atoms with Crippen molar-refractivity contribution in [2.75, 3.05) is 6.61 Å². The van der Waals surface area contributed by atoms with E-state index in [4.69, 9.17) is 42.2 Å². The number of rotatable bonds is 8. The first-order valence-corrected chi connectivity index (χ1v) is 11.9. The molecule has 1 aliphatic heterocycles. The number of ether oxygens (including phenoxy) is 2. The Labute approximate surface area is 214 Å². The van der Waals surface area contributed by atoms with Crippen molar-refractivity contribution in [1.29, 1.82) is 0 Å². The average molecular weight is 533 g/mol. The van der Waals surface area contributed by atoms with Gasteiger partial charge in [0.05, 0.1) is 27.2 Å². The number of aromatic carboxylic acids is 1. The van der Waals surface area contributed by atoms with Gasteiger partial charge in [-0.3, -0.25) is 4.79 Å². The predicted octanol–water partition coefficient (Wildman–Crippen LogP) is 6.15. The third-order valence-corrected chi connectivity index (χ3v) is 6.24. The number of nitrogens with one attached hydrogen (secondary N) is 1. The number of carbonyl (C=O) groups is 2. The molecule has 0 spiro atoms. The quantitative estimate of drug-likeness (QED) is 0.334. The van der Waals surface area contributed by atoms with Crippen LogP contribution in [0.25, 0.3) is 6.08 Å². The number of carboxylic acid groups (broad SMARTS) is 1. The molecule has 1 fully saturated rings. The number of hydrogen-bond donors (Lipinski definition) is 2. The van der Waals surface area contributed by atoms with E-state index in [0.717, 1.165) is 5.56 Å². The van der Waals surface area contributed by atoms with Crippen LogP contribution in [-0.4, -0.2) is 28.8 Å². The van der Waals surface area contributed by atoms with Gasteiger partial charge in [0.2, 0.25) is 5.76 Å². The van der Waals surface area contributed by atoms with Crippen LogP contribution in [0.15, 0.2) is 62.8 Å². The number of hydrogen-bond acceptors (Lipinski definition) is 7. The molecule has 1 aliphatic rings. The Kier molecular flexibility index (Phi) is 7.70. The van der Waals surface area contributed by atoms with Crippen molar-refractivity contribution in [2.24, 2.45) is 4.99 Å². The predicted molar refractivity (Wildman–Crippen MR) is 135 cm³/mol. The third kappa shape index (κ3) is 6.19. The van der Waals surface area contributed by atoms with Crippen LogP contribution in [0.2, 0.25) is 10.0 Å². The molecule has 0 bridgehead atoms. The molecule has 11 heteroatoms. The summed E-state index contributed by atoms with van der Waals surface area (Å²) in [5, 5.41) is 12.9. The van der Waals surface area contributed by atoms with Gasteiger partial charge in [0, 0.05) is 0 Å². The van der Waals surface area contributed by atoms with E-state index in [-0.39, 0.29) is 18.3 Å². The Hall–Kier alpha value is -3.40. The van der Waals surface area contributed by atoms with Gasteiger partial charge in [0.25, 0.3) is 5.91 Å². The number of carbonyl (C=O) groups excluding carboxylic acids is 1. The van der Waals surface area contributed by atoms with Gasteiger partial charge < -0.3 is 24.3 Å².